The van der Waals surface area contributed by atoms with E-state index < -0.39 is 86.8 Å². The van der Waals surface area contributed by atoms with Crippen molar-refractivity contribution < 1.29 is 54.7 Å². The lowest BCUT2D eigenvalue weighted by Gasteiger charge is -2.28. The van der Waals surface area contributed by atoms with Crippen LogP contribution in [0.3, 0.4) is 0 Å². The number of nitrogens with zero attached hydrogens (tertiary/aromatic N) is 2. The zero-order chi connectivity index (χ0) is 33.6. The van der Waals surface area contributed by atoms with E-state index in [0.717, 1.165) is 0 Å². The maximum atomic E-state index is 12.7. The number of allylic oxidation sites excluding steroid dienone is 1. The number of aliphatic hydroxyl groups excluding tert-OH is 1. The number of aromatic hydroxyl groups is 5. The summed E-state index contributed by atoms with van der Waals surface area (Å²) in [6, 6.07) is 0. The van der Waals surface area contributed by atoms with Gasteiger partial charge in [-0.1, -0.05) is 0 Å². The minimum absolute atomic E-state index is 0.0925. The van der Waals surface area contributed by atoms with Gasteiger partial charge in [-0.05, 0) is 20.8 Å². The first-order valence-corrected chi connectivity index (χ1v) is 13.3. The molecule has 0 bridgehead atoms. The Bertz CT molecular complexity index is 1630. The first-order valence-electron chi connectivity index (χ1n) is 13.3. The zero-order valence-corrected chi connectivity index (χ0v) is 25.4. The van der Waals surface area contributed by atoms with E-state index in [1.54, 1.807) is 14.1 Å². The van der Waals surface area contributed by atoms with E-state index >= 15 is 0 Å². The van der Waals surface area contributed by atoms with Gasteiger partial charge in [-0.2, -0.15) is 0 Å². The van der Waals surface area contributed by atoms with E-state index in [1.807, 2.05) is 20.8 Å². The van der Waals surface area contributed by atoms with Crippen LogP contribution in [-0.2, 0) is 11.2 Å². The Morgan fingerprint density at radius 1 is 0.932 bits per heavy atom. The molecule has 15 heteroatoms. The van der Waals surface area contributed by atoms with Gasteiger partial charge in [0.25, 0.3) is 5.91 Å². The van der Waals surface area contributed by atoms with Gasteiger partial charge in [-0.3, -0.25) is 9.59 Å². The molecule has 0 spiro atoms. The number of phenols is 5. The fourth-order valence-corrected chi connectivity index (χ4v) is 4.99. The average Bonchev–Trinajstić information content (AvgIpc) is 2.88. The number of anilines is 1. The van der Waals surface area contributed by atoms with Crippen molar-refractivity contribution in [2.45, 2.75) is 38.8 Å². The summed E-state index contributed by atoms with van der Waals surface area (Å²) in [5, 5.41) is 82.0. The minimum Gasteiger partial charge on any atom is -0.507 e. The number of fused-ring (bicyclic) bond motifs is 1. The quantitative estimate of drug-likeness (QED) is 0.108. The molecule has 0 radical (unpaired) electrons. The Morgan fingerprint density at radius 2 is 1.52 bits per heavy atom. The van der Waals surface area contributed by atoms with Crippen molar-refractivity contribution in [3.8, 4) is 28.7 Å². The monoisotopic (exact) mass is 616 g/mol. The van der Waals surface area contributed by atoms with Crippen LogP contribution in [0.2, 0.25) is 0 Å². The summed E-state index contributed by atoms with van der Waals surface area (Å²) in [4.78, 5) is 38.3. The number of carbonyl (C=O) groups is 3. The second kappa shape index (κ2) is 11.9. The van der Waals surface area contributed by atoms with Crippen LogP contribution in [0.15, 0.2) is 11.8 Å². The number of carbonyl (C=O) groups excluding carboxylic acids is 2. The Kier molecular flexibility index (Phi) is 9.08. The van der Waals surface area contributed by atoms with Gasteiger partial charge in [0, 0.05) is 48.8 Å². The molecular formula is C29H38N5O10+. The number of nitrogens with two attached hydrogens (primary N) is 1. The highest BCUT2D eigenvalue weighted by molar-refractivity contribution is 6.13. The molecule has 2 aromatic rings. The number of phenolic OH excluding ortho intramolecular Hbond substituents is 2. The number of benzene rings is 2. The van der Waals surface area contributed by atoms with Gasteiger partial charge in [0.1, 0.15) is 42.8 Å². The molecule has 2 aromatic carbocycles. The minimum atomic E-state index is -1.78. The second-order valence-electron chi connectivity index (χ2n) is 11.8. The highest BCUT2D eigenvalue weighted by Crippen LogP contribution is 2.50. The van der Waals surface area contributed by atoms with Crippen LogP contribution in [0.1, 0.15) is 69.8 Å². The summed E-state index contributed by atoms with van der Waals surface area (Å²) in [5.74, 6) is -7.98. The predicted molar refractivity (Wildman–Crippen MR) is 159 cm³/mol. The standard InChI is InChI=1S/C29H37N5O10/c1-29(2,3)31-10-15(35)32-13-9-14(33(4)5)17-18(23(13)38)24(39)16(28(43)44)11(21(17)36)8-12-20(34(6)7)25(40)19(27(30)42)26(41)22(12)37/h9,23,31,38H,8,10H2,1-7H3,(H8,30,32,35,36,37,39,40,41,42,43,44)/p+1. The van der Waals surface area contributed by atoms with Gasteiger partial charge in [-0.15, -0.1) is 0 Å². The molecule has 0 saturated carbocycles. The van der Waals surface area contributed by atoms with E-state index in [4.69, 9.17) is 5.73 Å². The number of hydrogen-bond acceptors (Lipinski definition) is 11. The Balaban J connectivity index is 2.32. The normalized spacial score (nSPS) is 14.5. The number of aromatic carboxylic acids is 1. The number of amides is 2. The highest BCUT2D eigenvalue weighted by atomic mass is 16.4. The molecule has 0 heterocycles. The molecule has 2 amide bonds. The molecule has 1 aliphatic rings. The van der Waals surface area contributed by atoms with Crippen molar-refractivity contribution >= 4 is 29.2 Å². The third-order valence-electron chi connectivity index (χ3n) is 7.00. The van der Waals surface area contributed by atoms with E-state index in [9.17, 15) is 50.1 Å². The van der Waals surface area contributed by atoms with Crippen LogP contribution in [0.5, 0.6) is 28.7 Å². The fraction of sp³-hybridized carbons (Fsp3) is 0.379. The lowest BCUT2D eigenvalue weighted by Crippen LogP contribution is -2.44. The summed E-state index contributed by atoms with van der Waals surface area (Å²) in [6.07, 6.45) is -1.12. The van der Waals surface area contributed by atoms with Crippen molar-refractivity contribution in [3.63, 3.8) is 0 Å². The highest BCUT2D eigenvalue weighted by Gasteiger charge is 2.40. The largest absolute Gasteiger partial charge is 0.507 e. The smallest absolute Gasteiger partial charge is 0.339 e. The van der Waals surface area contributed by atoms with Crippen LogP contribution in [-0.4, -0.2) is 104 Å². The lowest BCUT2D eigenvalue weighted by molar-refractivity contribution is -0.463. The molecule has 0 aliphatic heterocycles. The molecule has 15 nitrogen and oxygen atoms in total. The van der Waals surface area contributed by atoms with Crippen molar-refractivity contribution in [2.24, 2.45) is 5.73 Å². The number of carboxylic acids is 1. The van der Waals surface area contributed by atoms with E-state index in [-0.39, 0.29) is 34.8 Å². The van der Waals surface area contributed by atoms with E-state index in [1.165, 1.54) is 29.6 Å². The first kappa shape index (κ1) is 33.5. The summed E-state index contributed by atoms with van der Waals surface area (Å²) in [7, 11) is 6.00. The topological polar surface area (TPSA) is 249 Å². The summed E-state index contributed by atoms with van der Waals surface area (Å²) >= 11 is 0. The first-order chi connectivity index (χ1) is 20.2. The Morgan fingerprint density at radius 3 is 2.00 bits per heavy atom. The second-order valence-corrected chi connectivity index (χ2v) is 11.8. The maximum Gasteiger partial charge on any atom is 0.339 e. The molecule has 44 heavy (non-hydrogen) atoms. The SMILES string of the molecule is CN(C)c1c(O)c(C(N)=O)c(O)c(O)c1Cc1c(O)c2c(c(O)c1C(=O)O)C(O)C(NC(=O)CNC(C)(C)C)=CC2=[N+](C)C. The number of rotatable bonds is 8. The van der Waals surface area contributed by atoms with E-state index in [2.05, 4.69) is 10.6 Å². The van der Waals surface area contributed by atoms with Crippen LogP contribution in [0.25, 0.3) is 0 Å². The van der Waals surface area contributed by atoms with Crippen LogP contribution >= 0.6 is 0 Å². The van der Waals surface area contributed by atoms with Crippen molar-refractivity contribution in [2.75, 3.05) is 39.6 Å². The van der Waals surface area contributed by atoms with Crippen LogP contribution in [0.4, 0.5) is 5.69 Å². The van der Waals surface area contributed by atoms with Crippen molar-refractivity contribution in [1.29, 1.82) is 0 Å². The Hall–Kier alpha value is -5.02. The van der Waals surface area contributed by atoms with Gasteiger partial charge in [-0.25, -0.2) is 9.37 Å². The predicted octanol–water partition coefficient (Wildman–Crippen LogP) is 0.165. The molecule has 0 aromatic heterocycles. The number of hydrogen-bond donors (Lipinski definition) is 10. The average molecular weight is 617 g/mol. The molecule has 0 saturated heterocycles. The summed E-state index contributed by atoms with van der Waals surface area (Å²) in [6.45, 7) is 5.43. The van der Waals surface area contributed by atoms with Gasteiger partial charge in [0.05, 0.1) is 23.5 Å². The third-order valence-corrected chi connectivity index (χ3v) is 7.00. The number of primary amides is 1. The molecule has 3 rings (SSSR count). The molecule has 238 valence electrons. The lowest BCUT2D eigenvalue weighted by atomic mass is 9.82. The van der Waals surface area contributed by atoms with Crippen LogP contribution in [0, 0.1) is 0 Å². The molecule has 1 aliphatic carbocycles. The number of aliphatic hydroxyl groups is 1. The molecule has 1 atom stereocenters. The third kappa shape index (κ3) is 6.05. The van der Waals surface area contributed by atoms with Gasteiger partial charge in [0.2, 0.25) is 11.6 Å². The fourth-order valence-electron chi connectivity index (χ4n) is 4.99. The Labute approximate surface area is 252 Å². The summed E-state index contributed by atoms with van der Waals surface area (Å²) < 4.78 is 1.50. The van der Waals surface area contributed by atoms with Gasteiger partial charge in [0.15, 0.2) is 17.2 Å². The molecule has 0 fully saturated rings. The van der Waals surface area contributed by atoms with Gasteiger partial charge < -0.3 is 57.0 Å². The number of nitrogens with one attached hydrogen (secondary N) is 2. The molecular weight excluding hydrogens is 578 g/mol. The zero-order valence-electron chi connectivity index (χ0n) is 25.4. The maximum absolute atomic E-state index is 12.7. The van der Waals surface area contributed by atoms with Crippen molar-refractivity contribution in [1.82, 2.24) is 10.6 Å². The van der Waals surface area contributed by atoms with Crippen LogP contribution < -0.4 is 21.3 Å². The summed E-state index contributed by atoms with van der Waals surface area (Å²) in [5.41, 5.74) is 1.74. The number of carboxylic acid groups (broad SMARTS) is 1. The molecule has 11 N–H and O–H groups in total. The van der Waals surface area contributed by atoms with E-state index in [0.29, 0.717) is 0 Å². The van der Waals surface area contributed by atoms with Crippen molar-refractivity contribution in [3.05, 3.63) is 45.2 Å². The molecule has 1 unspecified atom stereocenters. The van der Waals surface area contributed by atoms with Gasteiger partial charge >= 0.3 is 5.97 Å².